The van der Waals surface area contributed by atoms with E-state index < -0.39 is 20.9 Å². The Morgan fingerprint density at radius 2 is 1.93 bits per heavy atom. The van der Waals surface area contributed by atoms with Crippen molar-refractivity contribution in [2.75, 3.05) is 40.5 Å². The van der Waals surface area contributed by atoms with Crippen LogP contribution in [0.4, 0.5) is 0 Å². The molecule has 0 heterocycles. The molecule has 84 valence electrons. The van der Waals surface area contributed by atoms with E-state index in [4.69, 9.17) is 10.2 Å². The van der Waals surface area contributed by atoms with E-state index in [2.05, 4.69) is 0 Å². The van der Waals surface area contributed by atoms with E-state index >= 15 is 0 Å². The maximum Gasteiger partial charge on any atom is 0.235 e. The molecule has 0 saturated heterocycles. The first kappa shape index (κ1) is 13.9. The molecular formula is C8H19NO4P+. The lowest BCUT2D eigenvalue weighted by Crippen LogP contribution is -2.39. The molecule has 3 N–H and O–H groups in total. The van der Waals surface area contributed by atoms with Crippen molar-refractivity contribution < 1.29 is 24.4 Å². The fourth-order valence-electron chi connectivity index (χ4n) is 0.847. The van der Waals surface area contributed by atoms with E-state index in [9.17, 15) is 9.69 Å². The fourth-order valence-corrected chi connectivity index (χ4v) is 2.15. The average Bonchev–Trinajstić information content (AvgIpc) is 2.00. The summed E-state index contributed by atoms with van der Waals surface area (Å²) in [6, 6.07) is 0. The van der Waals surface area contributed by atoms with Gasteiger partial charge >= 0.3 is 0 Å². The lowest BCUT2D eigenvalue weighted by atomic mass is 10.4. The first-order valence-corrected chi connectivity index (χ1v) is 5.83. The average molecular weight is 224 g/mol. The Balaban J connectivity index is 4.00. The number of quaternary nitrogens is 1. The highest BCUT2D eigenvalue weighted by Crippen LogP contribution is 2.32. The molecule has 0 aliphatic heterocycles. The van der Waals surface area contributed by atoms with E-state index in [0.717, 1.165) is 0 Å². The molecular weight excluding hydrogens is 205 g/mol. The summed E-state index contributed by atoms with van der Waals surface area (Å²) < 4.78 is 0.452. The second-order valence-corrected chi connectivity index (χ2v) is 5.92. The van der Waals surface area contributed by atoms with Crippen molar-refractivity contribution in [2.24, 2.45) is 0 Å². The maximum atomic E-state index is 11.4. The zero-order valence-electron chi connectivity index (χ0n) is 8.84. The molecule has 5 nitrogen and oxygen atoms in total. The Morgan fingerprint density at radius 1 is 1.43 bits per heavy atom. The molecule has 0 bridgehead atoms. The fraction of sp³-hybridized carbons (Fsp3) is 0.875. The quantitative estimate of drug-likeness (QED) is 0.398. The van der Waals surface area contributed by atoms with Gasteiger partial charge in [-0.05, 0) is 0 Å². The zero-order chi connectivity index (χ0) is 11.4. The van der Waals surface area contributed by atoms with Crippen LogP contribution in [0.1, 0.15) is 0 Å². The van der Waals surface area contributed by atoms with Gasteiger partial charge in [0.1, 0.15) is 14.7 Å². The molecule has 14 heavy (non-hydrogen) atoms. The Bertz CT molecular complexity index is 192. The van der Waals surface area contributed by atoms with Crippen LogP contribution < -0.4 is 0 Å². The number of carbonyl (C=O) groups is 1. The smallest absolute Gasteiger partial charge is 0.235 e. The van der Waals surface area contributed by atoms with Gasteiger partial charge in [0.15, 0.2) is 0 Å². The van der Waals surface area contributed by atoms with E-state index in [1.165, 1.54) is 0 Å². The van der Waals surface area contributed by atoms with Crippen LogP contribution in [-0.4, -0.2) is 71.7 Å². The van der Waals surface area contributed by atoms with Gasteiger partial charge in [-0.25, -0.2) is 0 Å². The molecule has 0 rings (SSSR count). The molecule has 0 aromatic heterocycles. The normalized spacial score (nSPS) is 16.4. The van der Waals surface area contributed by atoms with Gasteiger partial charge in [-0.2, -0.15) is 0 Å². The molecule has 6 heteroatoms. The third-order valence-corrected chi connectivity index (χ3v) is 2.98. The monoisotopic (exact) mass is 224 g/mol. The highest BCUT2D eigenvalue weighted by molar-refractivity contribution is 7.69. The number of hydrogen-bond donors (Lipinski definition) is 3. The van der Waals surface area contributed by atoms with Gasteiger partial charge in [0, 0.05) is 6.16 Å². The number of hydrogen-bond acceptors (Lipinski definition) is 4. The molecule has 0 aromatic rings. The Morgan fingerprint density at radius 3 is 2.29 bits per heavy atom. The molecule has 0 radical (unpaired) electrons. The standard InChI is InChI=1S/C8H19NO4P/c1-9(2,3)4-8(12)14(13)6-7(11)5-10/h7,10-11,13H,4-6H2,1-3H3/q+1. The SMILES string of the molecule is C[N+](C)(C)CC(=O)P(O)CC(O)CO. The first-order valence-electron chi connectivity index (χ1n) is 4.35. The minimum atomic E-state index is -1.82. The van der Waals surface area contributed by atoms with E-state index in [1.54, 1.807) is 0 Å². The minimum Gasteiger partial charge on any atom is -0.394 e. The number of aliphatic hydroxyl groups is 2. The van der Waals surface area contributed by atoms with E-state index in [1.807, 2.05) is 21.1 Å². The van der Waals surface area contributed by atoms with Gasteiger partial charge in [0.05, 0.1) is 33.9 Å². The Kier molecular flexibility index (Phi) is 5.71. The topological polar surface area (TPSA) is 77.8 Å². The lowest BCUT2D eigenvalue weighted by Gasteiger charge is -2.24. The van der Waals surface area contributed by atoms with Gasteiger partial charge < -0.3 is 19.6 Å². The van der Waals surface area contributed by atoms with Crippen molar-refractivity contribution in [1.82, 2.24) is 0 Å². The minimum absolute atomic E-state index is 0.0370. The second kappa shape index (κ2) is 5.73. The van der Waals surface area contributed by atoms with Crippen LogP contribution in [0, 0.1) is 0 Å². The molecule has 0 spiro atoms. The van der Waals surface area contributed by atoms with Crippen molar-refractivity contribution in [2.45, 2.75) is 6.10 Å². The third-order valence-electron chi connectivity index (χ3n) is 1.49. The van der Waals surface area contributed by atoms with Gasteiger partial charge in [-0.1, -0.05) is 0 Å². The summed E-state index contributed by atoms with van der Waals surface area (Å²) in [5, 5.41) is 17.6. The summed E-state index contributed by atoms with van der Waals surface area (Å²) >= 11 is 0. The molecule has 0 aromatic carbocycles. The van der Waals surface area contributed by atoms with Crippen LogP contribution in [-0.2, 0) is 4.79 Å². The molecule has 2 unspecified atom stereocenters. The van der Waals surface area contributed by atoms with Crippen LogP contribution in [0.25, 0.3) is 0 Å². The van der Waals surface area contributed by atoms with Gasteiger partial charge in [-0.15, -0.1) is 0 Å². The number of aliphatic hydroxyl groups excluding tert-OH is 2. The van der Waals surface area contributed by atoms with Crippen LogP contribution in [0.3, 0.4) is 0 Å². The number of carbonyl (C=O) groups excluding carboxylic acids is 1. The Hall–Kier alpha value is -0.0600. The van der Waals surface area contributed by atoms with E-state index in [0.29, 0.717) is 4.48 Å². The summed E-state index contributed by atoms with van der Waals surface area (Å²) in [4.78, 5) is 20.8. The third kappa shape index (κ3) is 6.40. The number of likely N-dealkylation sites (N-methyl/N-ethyl adjacent to an activating group) is 1. The van der Waals surface area contributed by atoms with E-state index in [-0.39, 0.29) is 18.2 Å². The summed E-state index contributed by atoms with van der Waals surface area (Å²) in [6.45, 7) is -0.183. The van der Waals surface area contributed by atoms with Crippen molar-refractivity contribution >= 4 is 13.7 Å². The van der Waals surface area contributed by atoms with Crippen molar-refractivity contribution in [3.05, 3.63) is 0 Å². The molecule has 0 aliphatic carbocycles. The molecule has 0 saturated carbocycles. The van der Waals surface area contributed by atoms with Gasteiger partial charge in [0.25, 0.3) is 0 Å². The number of rotatable bonds is 6. The van der Waals surface area contributed by atoms with Gasteiger partial charge in [-0.3, -0.25) is 4.79 Å². The van der Waals surface area contributed by atoms with Crippen LogP contribution >= 0.6 is 8.15 Å². The molecule has 2 atom stereocenters. The van der Waals surface area contributed by atoms with Crippen LogP contribution in [0.5, 0.6) is 0 Å². The Labute approximate surface area is 85.4 Å². The molecule has 0 aliphatic rings. The summed E-state index contributed by atoms with van der Waals surface area (Å²) in [5.74, 6) is 0. The van der Waals surface area contributed by atoms with Crippen LogP contribution in [0.2, 0.25) is 0 Å². The van der Waals surface area contributed by atoms with Crippen molar-refractivity contribution in [3.63, 3.8) is 0 Å². The highest BCUT2D eigenvalue weighted by atomic mass is 31.1. The zero-order valence-corrected chi connectivity index (χ0v) is 9.74. The summed E-state index contributed by atoms with van der Waals surface area (Å²) in [5.41, 5.74) is -0.250. The van der Waals surface area contributed by atoms with Crippen molar-refractivity contribution in [1.29, 1.82) is 0 Å². The predicted molar refractivity (Wildman–Crippen MR) is 55.0 cm³/mol. The van der Waals surface area contributed by atoms with Gasteiger partial charge in [0.2, 0.25) is 5.52 Å². The highest BCUT2D eigenvalue weighted by Gasteiger charge is 2.24. The lowest BCUT2D eigenvalue weighted by molar-refractivity contribution is -0.861. The summed E-state index contributed by atoms with van der Waals surface area (Å²) in [7, 11) is 3.74. The summed E-state index contributed by atoms with van der Waals surface area (Å²) in [6.07, 6.45) is -1.03. The molecule has 0 fully saturated rings. The first-order chi connectivity index (χ1) is 6.26. The maximum absolute atomic E-state index is 11.4. The largest absolute Gasteiger partial charge is 0.394 e. The molecule has 0 amide bonds. The number of nitrogens with zero attached hydrogens (tertiary/aromatic N) is 1. The van der Waals surface area contributed by atoms with Crippen molar-refractivity contribution in [3.8, 4) is 0 Å². The van der Waals surface area contributed by atoms with Crippen LogP contribution in [0.15, 0.2) is 0 Å². The predicted octanol–water partition coefficient (Wildman–Crippen LogP) is -1.04. The second-order valence-electron chi connectivity index (χ2n) is 4.26.